The normalized spacial score (nSPS) is 29.7. The summed E-state index contributed by atoms with van der Waals surface area (Å²) in [5, 5.41) is 6.89. The van der Waals surface area contributed by atoms with Gasteiger partial charge >= 0.3 is 6.18 Å². The first-order valence-electron chi connectivity index (χ1n) is 5.42. The van der Waals surface area contributed by atoms with Crippen molar-refractivity contribution in [1.82, 2.24) is 9.78 Å². The van der Waals surface area contributed by atoms with E-state index < -0.39 is 12.2 Å². The minimum absolute atomic E-state index is 0.0455. The Morgan fingerprint density at radius 3 is 2.75 bits per heavy atom. The maximum absolute atomic E-state index is 12.9. The van der Waals surface area contributed by atoms with Gasteiger partial charge in [-0.3, -0.25) is 0 Å². The zero-order valence-corrected chi connectivity index (χ0v) is 8.54. The molecule has 0 aromatic carbocycles. The van der Waals surface area contributed by atoms with Crippen molar-refractivity contribution in [2.24, 2.45) is 5.92 Å². The Morgan fingerprint density at radius 2 is 2.12 bits per heavy atom. The number of halogens is 3. The van der Waals surface area contributed by atoms with Crippen LogP contribution in [0.15, 0.2) is 12.3 Å². The van der Waals surface area contributed by atoms with E-state index in [1.165, 1.54) is 6.20 Å². The predicted molar refractivity (Wildman–Crippen MR) is 52.1 cm³/mol. The van der Waals surface area contributed by atoms with Crippen molar-refractivity contribution < 1.29 is 13.2 Å². The molecule has 1 aromatic heterocycles. The van der Waals surface area contributed by atoms with Crippen LogP contribution in [0.1, 0.15) is 25.3 Å². The molecule has 3 rings (SSSR count). The highest BCUT2D eigenvalue weighted by Crippen LogP contribution is 2.45. The summed E-state index contributed by atoms with van der Waals surface area (Å²) in [5.74, 6) is 0.902. The number of rotatable bonds is 1. The number of aromatic nitrogens is 2. The fourth-order valence-electron chi connectivity index (χ4n) is 2.35. The summed E-state index contributed by atoms with van der Waals surface area (Å²) >= 11 is 0. The smallest absolute Gasteiger partial charge is 0.367 e. The van der Waals surface area contributed by atoms with Gasteiger partial charge in [0, 0.05) is 12.1 Å². The minimum Gasteiger partial charge on any atom is -0.367 e. The van der Waals surface area contributed by atoms with Gasteiger partial charge in [0.15, 0.2) is 6.04 Å². The summed E-state index contributed by atoms with van der Waals surface area (Å²) in [6.07, 6.45) is -0.623. The number of nitrogens with one attached hydrogen (secondary N) is 1. The van der Waals surface area contributed by atoms with Gasteiger partial charge in [-0.1, -0.05) is 0 Å². The van der Waals surface area contributed by atoms with Crippen molar-refractivity contribution in [2.75, 3.05) is 5.32 Å². The quantitative estimate of drug-likeness (QED) is 0.805. The summed E-state index contributed by atoms with van der Waals surface area (Å²) in [6, 6.07) is 0.0907. The molecule has 1 fully saturated rings. The lowest BCUT2D eigenvalue weighted by Gasteiger charge is -2.33. The Bertz CT molecular complexity index is 394. The first-order valence-corrected chi connectivity index (χ1v) is 5.42. The van der Waals surface area contributed by atoms with Crippen molar-refractivity contribution in [3.05, 3.63) is 12.3 Å². The van der Waals surface area contributed by atoms with Crippen LogP contribution in [0.5, 0.6) is 0 Å². The number of hydrogen-bond donors (Lipinski definition) is 1. The van der Waals surface area contributed by atoms with Crippen LogP contribution >= 0.6 is 0 Å². The molecule has 0 radical (unpaired) electrons. The fraction of sp³-hybridized carbons (Fsp3) is 0.700. The molecule has 1 aliphatic heterocycles. The summed E-state index contributed by atoms with van der Waals surface area (Å²) in [7, 11) is 0. The largest absolute Gasteiger partial charge is 0.410 e. The van der Waals surface area contributed by atoms with Gasteiger partial charge in [0.25, 0.3) is 0 Å². The lowest BCUT2D eigenvalue weighted by Crippen LogP contribution is -2.40. The maximum atomic E-state index is 12.9. The second-order valence-electron chi connectivity index (χ2n) is 4.54. The summed E-state index contributed by atoms with van der Waals surface area (Å²) in [6.45, 7) is 0. The van der Waals surface area contributed by atoms with E-state index in [0.29, 0.717) is 11.7 Å². The Morgan fingerprint density at radius 1 is 1.38 bits per heavy atom. The molecule has 0 bridgehead atoms. The topological polar surface area (TPSA) is 29.9 Å². The molecular weight excluding hydrogens is 219 g/mol. The van der Waals surface area contributed by atoms with E-state index in [0.717, 1.165) is 17.5 Å². The van der Waals surface area contributed by atoms with Gasteiger partial charge in [0.1, 0.15) is 5.82 Å². The van der Waals surface area contributed by atoms with E-state index in [2.05, 4.69) is 10.4 Å². The van der Waals surface area contributed by atoms with E-state index in [9.17, 15) is 13.2 Å². The molecule has 16 heavy (non-hydrogen) atoms. The third-order valence-corrected chi connectivity index (χ3v) is 3.34. The van der Waals surface area contributed by atoms with Crippen LogP contribution < -0.4 is 5.32 Å². The SMILES string of the molecule is FC(F)(F)[C@@H]1C[C@H](C2CC2)Nc2ccnn21. The van der Waals surface area contributed by atoms with Crippen LogP contribution in [0, 0.1) is 5.92 Å². The van der Waals surface area contributed by atoms with E-state index in [4.69, 9.17) is 0 Å². The summed E-state index contributed by atoms with van der Waals surface area (Å²) < 4.78 is 39.7. The molecule has 2 atom stereocenters. The van der Waals surface area contributed by atoms with Gasteiger partial charge in [-0.2, -0.15) is 18.3 Å². The predicted octanol–water partition coefficient (Wildman–Crippen LogP) is 2.58. The highest BCUT2D eigenvalue weighted by Gasteiger charge is 2.48. The van der Waals surface area contributed by atoms with Crippen molar-refractivity contribution >= 4 is 5.82 Å². The molecule has 6 heteroatoms. The Labute approximate surface area is 90.6 Å². The second kappa shape index (κ2) is 3.15. The molecule has 0 spiro atoms. The number of fused-ring (bicyclic) bond motifs is 1. The zero-order chi connectivity index (χ0) is 11.3. The first kappa shape index (κ1) is 9.99. The maximum Gasteiger partial charge on any atom is 0.410 e. The van der Waals surface area contributed by atoms with Gasteiger partial charge in [0.05, 0.1) is 6.20 Å². The first-order chi connectivity index (χ1) is 7.55. The van der Waals surface area contributed by atoms with Gasteiger partial charge < -0.3 is 5.32 Å². The number of hydrogen-bond acceptors (Lipinski definition) is 2. The molecule has 0 saturated heterocycles. The van der Waals surface area contributed by atoms with Crippen molar-refractivity contribution in [2.45, 2.75) is 37.5 Å². The second-order valence-corrected chi connectivity index (χ2v) is 4.54. The van der Waals surface area contributed by atoms with E-state index in [-0.39, 0.29) is 12.5 Å². The van der Waals surface area contributed by atoms with Crippen LogP contribution in [0.25, 0.3) is 0 Å². The molecule has 2 heterocycles. The fourth-order valence-corrected chi connectivity index (χ4v) is 2.35. The molecule has 0 amide bonds. The number of anilines is 1. The van der Waals surface area contributed by atoms with E-state index >= 15 is 0 Å². The molecule has 0 unspecified atom stereocenters. The molecule has 1 aliphatic carbocycles. The third kappa shape index (κ3) is 1.56. The third-order valence-electron chi connectivity index (χ3n) is 3.34. The highest BCUT2D eigenvalue weighted by atomic mass is 19.4. The van der Waals surface area contributed by atoms with Crippen LogP contribution in [-0.4, -0.2) is 22.0 Å². The lowest BCUT2D eigenvalue weighted by molar-refractivity contribution is -0.174. The van der Waals surface area contributed by atoms with Crippen molar-refractivity contribution in [1.29, 1.82) is 0 Å². The Kier molecular flexibility index (Phi) is 1.96. The molecule has 88 valence electrons. The van der Waals surface area contributed by atoms with Crippen LogP contribution in [0.3, 0.4) is 0 Å². The number of nitrogens with zero attached hydrogens (tertiary/aromatic N) is 2. The molecular formula is C10H12F3N3. The Hall–Kier alpha value is -1.20. The minimum atomic E-state index is -4.21. The summed E-state index contributed by atoms with van der Waals surface area (Å²) in [4.78, 5) is 0. The van der Waals surface area contributed by atoms with Crippen molar-refractivity contribution in [3.63, 3.8) is 0 Å². The molecule has 1 saturated carbocycles. The lowest BCUT2D eigenvalue weighted by atomic mass is 10.0. The Balaban J connectivity index is 1.93. The van der Waals surface area contributed by atoms with E-state index in [1.54, 1.807) is 6.07 Å². The monoisotopic (exact) mass is 231 g/mol. The van der Waals surface area contributed by atoms with Crippen LogP contribution in [0.2, 0.25) is 0 Å². The van der Waals surface area contributed by atoms with Gasteiger partial charge in [-0.05, 0) is 25.2 Å². The number of alkyl halides is 3. The van der Waals surface area contributed by atoms with Gasteiger partial charge in [0.2, 0.25) is 0 Å². The highest BCUT2D eigenvalue weighted by molar-refractivity contribution is 5.39. The van der Waals surface area contributed by atoms with E-state index in [1.807, 2.05) is 0 Å². The average molecular weight is 231 g/mol. The van der Waals surface area contributed by atoms with Crippen LogP contribution in [-0.2, 0) is 0 Å². The molecule has 1 aromatic rings. The average Bonchev–Trinajstić information content (AvgIpc) is 2.94. The van der Waals surface area contributed by atoms with Gasteiger partial charge in [-0.25, -0.2) is 4.68 Å². The standard InChI is InChI=1S/C10H12F3N3/c11-10(12,13)8-5-7(6-1-2-6)15-9-3-4-14-16(8)9/h3-4,6-8,15H,1-2,5H2/t7-,8+/m1/s1. The molecule has 1 N–H and O–H groups in total. The van der Waals surface area contributed by atoms with Crippen molar-refractivity contribution in [3.8, 4) is 0 Å². The zero-order valence-electron chi connectivity index (χ0n) is 8.54. The van der Waals surface area contributed by atoms with Gasteiger partial charge in [-0.15, -0.1) is 0 Å². The van der Waals surface area contributed by atoms with Crippen LogP contribution in [0.4, 0.5) is 19.0 Å². The summed E-state index contributed by atoms with van der Waals surface area (Å²) in [5.41, 5.74) is 0. The molecule has 3 nitrogen and oxygen atoms in total. The molecule has 2 aliphatic rings.